The third-order valence-corrected chi connectivity index (χ3v) is 4.09. The number of benzene rings is 2. The standard InChI is InChI=1S/C18H20N2O.ClH/c21-18(20-11-14-7-3-1-4-8-14)17-13-19-12-16(17)15-9-5-2-6-10-15;/h1-10,16-17,19H,11-13H2,(H,20,21);1H/t16-,17+;/m1./s1. The fourth-order valence-electron chi connectivity index (χ4n) is 2.92. The quantitative estimate of drug-likeness (QED) is 0.910. The molecule has 2 atom stereocenters. The van der Waals surface area contributed by atoms with E-state index in [1.807, 2.05) is 48.5 Å². The van der Waals surface area contributed by atoms with Crippen molar-refractivity contribution in [1.29, 1.82) is 0 Å². The molecule has 22 heavy (non-hydrogen) atoms. The van der Waals surface area contributed by atoms with Crippen LogP contribution < -0.4 is 10.6 Å². The maximum atomic E-state index is 12.5. The Morgan fingerprint density at radius 3 is 2.32 bits per heavy atom. The molecule has 2 aromatic rings. The number of carbonyl (C=O) groups is 1. The molecule has 4 heteroatoms. The Kier molecular flexibility index (Phi) is 5.99. The molecule has 1 aliphatic heterocycles. The van der Waals surface area contributed by atoms with E-state index in [4.69, 9.17) is 0 Å². The minimum atomic E-state index is 0. The molecule has 0 saturated carbocycles. The van der Waals surface area contributed by atoms with E-state index in [9.17, 15) is 4.79 Å². The lowest BCUT2D eigenvalue weighted by molar-refractivity contribution is -0.125. The summed E-state index contributed by atoms with van der Waals surface area (Å²) in [6.45, 7) is 2.21. The topological polar surface area (TPSA) is 41.1 Å². The zero-order valence-electron chi connectivity index (χ0n) is 12.4. The van der Waals surface area contributed by atoms with Gasteiger partial charge >= 0.3 is 0 Å². The molecule has 2 N–H and O–H groups in total. The lowest BCUT2D eigenvalue weighted by atomic mass is 9.88. The minimum Gasteiger partial charge on any atom is -0.352 e. The summed E-state index contributed by atoms with van der Waals surface area (Å²) < 4.78 is 0. The summed E-state index contributed by atoms with van der Waals surface area (Å²) in [6, 6.07) is 20.3. The Balaban J connectivity index is 0.00000176. The van der Waals surface area contributed by atoms with Crippen LogP contribution in [0.2, 0.25) is 0 Å². The Labute approximate surface area is 137 Å². The van der Waals surface area contributed by atoms with E-state index in [0.29, 0.717) is 6.54 Å². The van der Waals surface area contributed by atoms with Gasteiger partial charge in [-0.05, 0) is 11.1 Å². The number of halogens is 1. The highest BCUT2D eigenvalue weighted by atomic mass is 35.5. The van der Waals surface area contributed by atoms with Gasteiger partial charge in [-0.25, -0.2) is 0 Å². The van der Waals surface area contributed by atoms with Crippen LogP contribution >= 0.6 is 12.4 Å². The number of hydrogen-bond acceptors (Lipinski definition) is 2. The van der Waals surface area contributed by atoms with E-state index < -0.39 is 0 Å². The zero-order valence-corrected chi connectivity index (χ0v) is 13.2. The second-order valence-corrected chi connectivity index (χ2v) is 5.49. The van der Waals surface area contributed by atoms with Crippen molar-refractivity contribution in [2.75, 3.05) is 13.1 Å². The van der Waals surface area contributed by atoms with Crippen LogP contribution in [-0.4, -0.2) is 19.0 Å². The number of amides is 1. The van der Waals surface area contributed by atoms with Crippen LogP contribution in [0.5, 0.6) is 0 Å². The monoisotopic (exact) mass is 316 g/mol. The normalized spacial score (nSPS) is 20.2. The van der Waals surface area contributed by atoms with Gasteiger partial charge in [-0.15, -0.1) is 12.4 Å². The van der Waals surface area contributed by atoms with Crippen LogP contribution in [0.15, 0.2) is 60.7 Å². The highest BCUT2D eigenvalue weighted by Gasteiger charge is 2.33. The fourth-order valence-corrected chi connectivity index (χ4v) is 2.92. The smallest absolute Gasteiger partial charge is 0.225 e. The molecule has 1 fully saturated rings. The first-order valence-corrected chi connectivity index (χ1v) is 7.42. The van der Waals surface area contributed by atoms with Gasteiger partial charge in [0.05, 0.1) is 5.92 Å². The molecule has 2 aromatic carbocycles. The molecule has 1 saturated heterocycles. The molecule has 0 radical (unpaired) electrons. The van der Waals surface area contributed by atoms with E-state index in [-0.39, 0.29) is 30.2 Å². The SMILES string of the molecule is Cl.O=C(NCc1ccccc1)[C@H]1CNC[C@@H]1c1ccccc1. The van der Waals surface area contributed by atoms with Crippen LogP contribution in [0, 0.1) is 5.92 Å². The van der Waals surface area contributed by atoms with Gasteiger partial charge in [0.2, 0.25) is 5.91 Å². The van der Waals surface area contributed by atoms with Crippen LogP contribution in [0.3, 0.4) is 0 Å². The Morgan fingerprint density at radius 1 is 1.00 bits per heavy atom. The average molecular weight is 317 g/mol. The highest BCUT2D eigenvalue weighted by molar-refractivity contribution is 5.85. The predicted octanol–water partition coefficient (Wildman–Crippen LogP) is 2.73. The van der Waals surface area contributed by atoms with E-state index in [1.54, 1.807) is 0 Å². The first-order valence-electron chi connectivity index (χ1n) is 7.42. The van der Waals surface area contributed by atoms with Gasteiger partial charge < -0.3 is 10.6 Å². The van der Waals surface area contributed by atoms with Crippen molar-refractivity contribution in [3.63, 3.8) is 0 Å². The van der Waals surface area contributed by atoms with Crippen molar-refractivity contribution in [2.45, 2.75) is 12.5 Å². The summed E-state index contributed by atoms with van der Waals surface area (Å²) in [5, 5.41) is 6.40. The molecule has 1 amide bonds. The van der Waals surface area contributed by atoms with E-state index in [1.165, 1.54) is 5.56 Å². The van der Waals surface area contributed by atoms with Gasteiger partial charge in [0.1, 0.15) is 0 Å². The molecule has 0 bridgehead atoms. The molecule has 3 nitrogen and oxygen atoms in total. The number of nitrogens with one attached hydrogen (secondary N) is 2. The van der Waals surface area contributed by atoms with E-state index >= 15 is 0 Å². The Morgan fingerprint density at radius 2 is 1.64 bits per heavy atom. The van der Waals surface area contributed by atoms with Crippen LogP contribution in [0.25, 0.3) is 0 Å². The lowest BCUT2D eigenvalue weighted by Crippen LogP contribution is -2.33. The van der Waals surface area contributed by atoms with Gasteiger partial charge in [-0.2, -0.15) is 0 Å². The molecule has 0 spiro atoms. The molecule has 0 aliphatic carbocycles. The molecular formula is C18H21ClN2O. The van der Waals surface area contributed by atoms with Crippen LogP contribution in [0.4, 0.5) is 0 Å². The first-order chi connectivity index (χ1) is 10.3. The van der Waals surface area contributed by atoms with Gasteiger partial charge in [0, 0.05) is 25.6 Å². The van der Waals surface area contributed by atoms with Gasteiger partial charge in [0.15, 0.2) is 0 Å². The summed E-state index contributed by atoms with van der Waals surface area (Å²) in [7, 11) is 0. The van der Waals surface area contributed by atoms with Crippen molar-refractivity contribution < 1.29 is 4.79 Å². The van der Waals surface area contributed by atoms with E-state index in [2.05, 4.69) is 22.8 Å². The fraction of sp³-hybridized carbons (Fsp3) is 0.278. The minimum absolute atomic E-state index is 0. The average Bonchev–Trinajstić information content (AvgIpc) is 3.04. The maximum Gasteiger partial charge on any atom is 0.225 e. The first kappa shape index (κ1) is 16.5. The van der Waals surface area contributed by atoms with Crippen molar-refractivity contribution in [2.24, 2.45) is 5.92 Å². The van der Waals surface area contributed by atoms with Crippen LogP contribution in [-0.2, 0) is 11.3 Å². The van der Waals surface area contributed by atoms with Gasteiger partial charge in [-0.3, -0.25) is 4.79 Å². The molecule has 3 rings (SSSR count). The zero-order chi connectivity index (χ0) is 14.5. The summed E-state index contributed by atoms with van der Waals surface area (Å²) in [4.78, 5) is 12.5. The molecular weight excluding hydrogens is 296 g/mol. The van der Waals surface area contributed by atoms with Gasteiger partial charge in [0.25, 0.3) is 0 Å². The summed E-state index contributed by atoms with van der Waals surface area (Å²) in [5.41, 5.74) is 2.37. The third kappa shape index (κ3) is 3.87. The summed E-state index contributed by atoms with van der Waals surface area (Å²) in [6.07, 6.45) is 0. The Bertz CT molecular complexity index is 589. The third-order valence-electron chi connectivity index (χ3n) is 4.09. The maximum absolute atomic E-state index is 12.5. The highest BCUT2D eigenvalue weighted by Crippen LogP contribution is 2.28. The number of rotatable bonds is 4. The lowest BCUT2D eigenvalue weighted by Gasteiger charge is -2.18. The molecule has 1 heterocycles. The number of carbonyl (C=O) groups excluding carboxylic acids is 1. The predicted molar refractivity (Wildman–Crippen MR) is 91.1 cm³/mol. The van der Waals surface area contributed by atoms with Gasteiger partial charge in [-0.1, -0.05) is 60.7 Å². The second-order valence-electron chi connectivity index (χ2n) is 5.49. The van der Waals surface area contributed by atoms with Crippen molar-refractivity contribution in [3.8, 4) is 0 Å². The van der Waals surface area contributed by atoms with Crippen molar-refractivity contribution in [3.05, 3.63) is 71.8 Å². The largest absolute Gasteiger partial charge is 0.352 e. The molecule has 0 unspecified atom stereocenters. The molecule has 116 valence electrons. The Hall–Kier alpha value is -1.84. The van der Waals surface area contributed by atoms with E-state index in [0.717, 1.165) is 18.7 Å². The van der Waals surface area contributed by atoms with Crippen LogP contribution in [0.1, 0.15) is 17.0 Å². The van der Waals surface area contributed by atoms with Crippen molar-refractivity contribution in [1.82, 2.24) is 10.6 Å². The molecule has 0 aromatic heterocycles. The summed E-state index contributed by atoms with van der Waals surface area (Å²) in [5.74, 6) is 0.413. The number of hydrogen-bond donors (Lipinski definition) is 2. The summed E-state index contributed by atoms with van der Waals surface area (Å²) >= 11 is 0. The second kappa shape index (κ2) is 7.97. The molecule has 1 aliphatic rings. The van der Waals surface area contributed by atoms with Crippen molar-refractivity contribution >= 4 is 18.3 Å².